The van der Waals surface area contributed by atoms with E-state index >= 15 is 0 Å². The fraction of sp³-hybridized carbons (Fsp3) is 1.00. The van der Waals surface area contributed by atoms with Crippen LogP contribution in [0.5, 0.6) is 0 Å². The van der Waals surface area contributed by atoms with Gasteiger partial charge in [0.05, 0.1) is 0 Å². The first-order valence-corrected chi connectivity index (χ1v) is 6.42. The summed E-state index contributed by atoms with van der Waals surface area (Å²) in [6, 6.07) is 0. The third kappa shape index (κ3) is 5.50. The van der Waals surface area contributed by atoms with E-state index in [1.165, 1.54) is 45.4 Å². The van der Waals surface area contributed by atoms with E-state index in [0.29, 0.717) is 6.61 Å². The van der Waals surface area contributed by atoms with E-state index in [1.54, 1.807) is 0 Å². The maximum absolute atomic E-state index is 8.77. The van der Waals surface area contributed by atoms with Crippen molar-refractivity contribution in [1.29, 1.82) is 0 Å². The van der Waals surface area contributed by atoms with Crippen molar-refractivity contribution in [3.8, 4) is 0 Å². The molecule has 15 heavy (non-hydrogen) atoms. The van der Waals surface area contributed by atoms with E-state index in [2.05, 4.69) is 16.7 Å². The maximum Gasteiger partial charge on any atom is 0.0443 e. The summed E-state index contributed by atoms with van der Waals surface area (Å²) in [5.74, 6) is 0. The van der Waals surface area contributed by atoms with Crippen molar-refractivity contribution in [2.45, 2.75) is 32.6 Å². The highest BCUT2D eigenvalue weighted by molar-refractivity contribution is 4.66. The van der Waals surface area contributed by atoms with Crippen molar-refractivity contribution in [1.82, 2.24) is 9.80 Å². The van der Waals surface area contributed by atoms with Crippen LogP contribution in [-0.4, -0.2) is 60.8 Å². The van der Waals surface area contributed by atoms with Gasteiger partial charge in [0, 0.05) is 13.2 Å². The maximum atomic E-state index is 8.77. The van der Waals surface area contributed by atoms with Crippen LogP contribution >= 0.6 is 0 Å². The van der Waals surface area contributed by atoms with Crippen LogP contribution in [0.3, 0.4) is 0 Å². The summed E-state index contributed by atoms with van der Waals surface area (Å²) in [5, 5.41) is 8.77. The highest BCUT2D eigenvalue weighted by Crippen LogP contribution is 2.07. The van der Waals surface area contributed by atoms with Crippen LogP contribution in [0.1, 0.15) is 32.6 Å². The van der Waals surface area contributed by atoms with Crippen molar-refractivity contribution in [3.05, 3.63) is 0 Å². The molecule has 90 valence electrons. The van der Waals surface area contributed by atoms with Crippen LogP contribution < -0.4 is 0 Å². The van der Waals surface area contributed by atoms with Crippen molar-refractivity contribution in [2.75, 3.05) is 45.9 Å². The molecular formula is C12H26N2O. The lowest BCUT2D eigenvalue weighted by Gasteiger charge is -2.21. The summed E-state index contributed by atoms with van der Waals surface area (Å²) in [6.07, 6.45) is 4.97. The molecule has 0 aromatic carbocycles. The monoisotopic (exact) mass is 214 g/mol. The fourth-order valence-electron chi connectivity index (χ4n) is 2.25. The zero-order valence-corrected chi connectivity index (χ0v) is 10.1. The first kappa shape index (κ1) is 12.9. The Hall–Kier alpha value is -0.120. The molecule has 0 unspecified atom stereocenters. The van der Waals surface area contributed by atoms with E-state index in [1.807, 2.05) is 0 Å². The van der Waals surface area contributed by atoms with E-state index in [-0.39, 0.29) is 0 Å². The van der Waals surface area contributed by atoms with Gasteiger partial charge in [0.25, 0.3) is 0 Å². The second-order valence-corrected chi connectivity index (χ2v) is 4.41. The summed E-state index contributed by atoms with van der Waals surface area (Å²) in [4.78, 5) is 5.01. The number of rotatable bonds is 8. The van der Waals surface area contributed by atoms with Crippen molar-refractivity contribution >= 4 is 0 Å². The third-order valence-corrected chi connectivity index (χ3v) is 3.23. The third-order valence-electron chi connectivity index (χ3n) is 3.23. The van der Waals surface area contributed by atoms with E-state index in [0.717, 1.165) is 19.5 Å². The Bertz CT molecular complexity index is 147. The molecule has 0 radical (unpaired) electrons. The smallest absolute Gasteiger partial charge is 0.0443 e. The lowest BCUT2D eigenvalue weighted by molar-refractivity contribution is 0.219. The minimum Gasteiger partial charge on any atom is -0.396 e. The molecular weight excluding hydrogens is 188 g/mol. The van der Waals surface area contributed by atoms with Gasteiger partial charge in [0.2, 0.25) is 0 Å². The van der Waals surface area contributed by atoms with Crippen molar-refractivity contribution in [2.24, 2.45) is 0 Å². The van der Waals surface area contributed by atoms with E-state index < -0.39 is 0 Å². The minimum atomic E-state index is 0.322. The fourth-order valence-corrected chi connectivity index (χ4v) is 2.25. The second kappa shape index (κ2) is 8.08. The Morgan fingerprint density at radius 1 is 1.13 bits per heavy atom. The summed E-state index contributed by atoms with van der Waals surface area (Å²) >= 11 is 0. The van der Waals surface area contributed by atoms with Gasteiger partial charge >= 0.3 is 0 Å². The molecule has 0 aliphatic carbocycles. The van der Waals surface area contributed by atoms with Crippen molar-refractivity contribution < 1.29 is 5.11 Å². The molecule has 1 N–H and O–H groups in total. The molecule has 0 amide bonds. The molecule has 1 heterocycles. The van der Waals surface area contributed by atoms with E-state index in [4.69, 9.17) is 5.11 Å². The predicted molar refractivity (Wildman–Crippen MR) is 64.1 cm³/mol. The normalized spacial score (nSPS) is 17.8. The lowest BCUT2D eigenvalue weighted by Crippen LogP contribution is -2.29. The number of aliphatic hydroxyl groups excluding tert-OH is 1. The SMILES string of the molecule is CCN(CCCO)CCCN1CCCC1. The summed E-state index contributed by atoms with van der Waals surface area (Å²) in [5.41, 5.74) is 0. The molecule has 0 atom stereocenters. The quantitative estimate of drug-likeness (QED) is 0.657. The zero-order valence-electron chi connectivity index (χ0n) is 10.1. The Morgan fingerprint density at radius 3 is 2.40 bits per heavy atom. The summed E-state index contributed by atoms with van der Waals surface area (Å²) in [6.45, 7) is 9.75. The van der Waals surface area contributed by atoms with Gasteiger partial charge < -0.3 is 14.9 Å². The van der Waals surface area contributed by atoms with Gasteiger partial charge in [-0.05, 0) is 58.4 Å². The van der Waals surface area contributed by atoms with Crippen LogP contribution in [0.15, 0.2) is 0 Å². The molecule has 0 bridgehead atoms. The van der Waals surface area contributed by atoms with Crippen LogP contribution in [0.2, 0.25) is 0 Å². The number of hydrogen-bond acceptors (Lipinski definition) is 3. The van der Waals surface area contributed by atoms with Gasteiger partial charge in [-0.1, -0.05) is 6.92 Å². The first-order chi connectivity index (χ1) is 7.36. The van der Waals surface area contributed by atoms with Crippen LogP contribution in [0, 0.1) is 0 Å². The summed E-state index contributed by atoms with van der Waals surface area (Å²) < 4.78 is 0. The van der Waals surface area contributed by atoms with Gasteiger partial charge in [0.1, 0.15) is 0 Å². The standard InChI is InChI=1S/C12H26N2O/c1-2-13(11-6-12-15)9-5-10-14-7-3-4-8-14/h15H,2-12H2,1H3. The molecule has 3 nitrogen and oxygen atoms in total. The molecule has 3 heteroatoms. The van der Waals surface area contributed by atoms with Crippen molar-refractivity contribution in [3.63, 3.8) is 0 Å². The molecule has 0 aromatic rings. The van der Waals surface area contributed by atoms with Crippen LogP contribution in [-0.2, 0) is 0 Å². The Morgan fingerprint density at radius 2 is 1.80 bits per heavy atom. The highest BCUT2D eigenvalue weighted by Gasteiger charge is 2.11. The molecule has 1 saturated heterocycles. The molecule has 1 fully saturated rings. The topological polar surface area (TPSA) is 26.7 Å². The molecule has 1 aliphatic heterocycles. The Balaban J connectivity index is 2.00. The highest BCUT2D eigenvalue weighted by atomic mass is 16.3. The average Bonchev–Trinajstić information content (AvgIpc) is 2.76. The number of nitrogens with zero attached hydrogens (tertiary/aromatic N) is 2. The van der Waals surface area contributed by atoms with Gasteiger partial charge in [0.15, 0.2) is 0 Å². The Labute approximate surface area is 94.1 Å². The van der Waals surface area contributed by atoms with E-state index in [9.17, 15) is 0 Å². The largest absolute Gasteiger partial charge is 0.396 e. The minimum absolute atomic E-state index is 0.322. The zero-order chi connectivity index (χ0) is 10.9. The molecule has 0 aromatic heterocycles. The Kier molecular flexibility index (Phi) is 6.98. The second-order valence-electron chi connectivity index (χ2n) is 4.41. The lowest BCUT2D eigenvalue weighted by atomic mass is 10.3. The van der Waals surface area contributed by atoms with Crippen LogP contribution in [0.4, 0.5) is 0 Å². The molecule has 0 saturated carbocycles. The molecule has 0 spiro atoms. The number of likely N-dealkylation sites (tertiary alicyclic amines) is 1. The number of hydrogen-bond donors (Lipinski definition) is 1. The van der Waals surface area contributed by atoms with Gasteiger partial charge in [-0.25, -0.2) is 0 Å². The summed E-state index contributed by atoms with van der Waals surface area (Å²) in [7, 11) is 0. The average molecular weight is 214 g/mol. The molecule has 1 rings (SSSR count). The van der Waals surface area contributed by atoms with Crippen LogP contribution in [0.25, 0.3) is 0 Å². The van der Waals surface area contributed by atoms with Gasteiger partial charge in [-0.2, -0.15) is 0 Å². The predicted octanol–water partition coefficient (Wildman–Crippen LogP) is 1.18. The first-order valence-electron chi connectivity index (χ1n) is 6.42. The molecule has 1 aliphatic rings. The van der Waals surface area contributed by atoms with Gasteiger partial charge in [-0.3, -0.25) is 0 Å². The number of aliphatic hydroxyl groups is 1. The van der Waals surface area contributed by atoms with Gasteiger partial charge in [-0.15, -0.1) is 0 Å².